The Morgan fingerprint density at radius 3 is 2.73 bits per heavy atom. The zero-order chi connectivity index (χ0) is 17.1. The first kappa shape index (κ1) is 18.7. The van der Waals surface area contributed by atoms with Gasteiger partial charge in [-0.1, -0.05) is 6.07 Å². The summed E-state index contributed by atoms with van der Waals surface area (Å²) in [6.07, 6.45) is 6.14. The zero-order valence-corrected chi connectivity index (χ0v) is 15.5. The first-order chi connectivity index (χ1) is 12.3. The Bertz CT molecular complexity index is 720. The number of aromatic nitrogens is 1. The molecule has 5 nitrogen and oxygen atoms in total. The summed E-state index contributed by atoms with van der Waals surface area (Å²) in [6, 6.07) is 11.5. The van der Waals surface area contributed by atoms with Crippen LogP contribution in [0, 0.1) is 5.92 Å². The highest BCUT2D eigenvalue weighted by atomic mass is 35.5. The third kappa shape index (κ3) is 4.34. The van der Waals surface area contributed by atoms with Gasteiger partial charge in [0.1, 0.15) is 5.75 Å². The quantitative estimate of drug-likeness (QED) is 0.875. The van der Waals surface area contributed by atoms with Gasteiger partial charge in [-0.25, -0.2) is 0 Å². The normalized spacial score (nSPS) is 19.5. The van der Waals surface area contributed by atoms with Gasteiger partial charge in [0.05, 0.1) is 12.6 Å². The molecule has 1 aromatic heterocycles. The summed E-state index contributed by atoms with van der Waals surface area (Å²) in [6.45, 7) is 3.04. The van der Waals surface area contributed by atoms with Crippen LogP contribution < -0.4 is 10.1 Å². The Balaban J connectivity index is 0.00000196. The summed E-state index contributed by atoms with van der Waals surface area (Å²) in [5.41, 5.74) is 1.77. The van der Waals surface area contributed by atoms with E-state index in [0.29, 0.717) is 12.1 Å². The largest absolute Gasteiger partial charge is 0.493 e. The highest BCUT2D eigenvalue weighted by Crippen LogP contribution is 2.30. The van der Waals surface area contributed by atoms with Gasteiger partial charge >= 0.3 is 0 Å². The average molecular weight is 374 g/mol. The number of carbonyl (C=O) groups is 1. The van der Waals surface area contributed by atoms with E-state index in [2.05, 4.69) is 10.3 Å². The summed E-state index contributed by atoms with van der Waals surface area (Å²) in [5, 5.41) is 3.37. The first-order valence-electron chi connectivity index (χ1n) is 8.96. The van der Waals surface area contributed by atoms with Crippen molar-refractivity contribution in [2.75, 3.05) is 26.2 Å². The summed E-state index contributed by atoms with van der Waals surface area (Å²) < 4.78 is 5.76. The number of amides is 1. The van der Waals surface area contributed by atoms with Crippen LogP contribution in [0.25, 0.3) is 0 Å². The number of pyridine rings is 1. The number of benzene rings is 1. The predicted octanol–water partition coefficient (Wildman–Crippen LogP) is 3.08. The lowest BCUT2D eigenvalue weighted by molar-refractivity contribution is 0.0634. The van der Waals surface area contributed by atoms with Gasteiger partial charge in [0.15, 0.2) is 0 Å². The van der Waals surface area contributed by atoms with Crippen molar-refractivity contribution in [2.45, 2.75) is 18.9 Å². The van der Waals surface area contributed by atoms with E-state index >= 15 is 0 Å². The van der Waals surface area contributed by atoms with Crippen molar-refractivity contribution in [3.8, 4) is 5.75 Å². The van der Waals surface area contributed by atoms with Crippen LogP contribution in [-0.4, -0.2) is 42.0 Å². The molecular formula is C20H24ClN3O2. The van der Waals surface area contributed by atoms with E-state index in [9.17, 15) is 4.79 Å². The summed E-state index contributed by atoms with van der Waals surface area (Å²) in [5.74, 6) is 1.62. The van der Waals surface area contributed by atoms with E-state index < -0.39 is 0 Å². The van der Waals surface area contributed by atoms with E-state index in [1.165, 1.54) is 12.8 Å². The number of hydrogen-bond donors (Lipinski definition) is 1. The fourth-order valence-corrected chi connectivity index (χ4v) is 3.18. The van der Waals surface area contributed by atoms with Crippen molar-refractivity contribution in [3.63, 3.8) is 0 Å². The van der Waals surface area contributed by atoms with Gasteiger partial charge in [0, 0.05) is 37.6 Å². The molecule has 0 radical (unpaired) electrons. The molecule has 2 fully saturated rings. The van der Waals surface area contributed by atoms with Gasteiger partial charge in [0.25, 0.3) is 5.91 Å². The molecule has 2 heterocycles. The van der Waals surface area contributed by atoms with Crippen molar-refractivity contribution in [1.29, 1.82) is 0 Å². The number of ether oxygens (including phenoxy) is 1. The molecule has 1 aromatic carbocycles. The molecule has 0 bridgehead atoms. The van der Waals surface area contributed by atoms with Crippen LogP contribution in [0.1, 0.15) is 34.8 Å². The van der Waals surface area contributed by atoms with Gasteiger partial charge in [-0.15, -0.1) is 12.4 Å². The molecule has 1 aliphatic carbocycles. The molecule has 0 spiro atoms. The van der Waals surface area contributed by atoms with Crippen molar-refractivity contribution >= 4 is 18.3 Å². The van der Waals surface area contributed by atoms with Crippen molar-refractivity contribution < 1.29 is 9.53 Å². The monoisotopic (exact) mass is 373 g/mol. The maximum absolute atomic E-state index is 13.0. The van der Waals surface area contributed by atoms with Gasteiger partial charge in [-0.3, -0.25) is 9.78 Å². The smallest absolute Gasteiger partial charge is 0.254 e. The number of nitrogens with zero attached hydrogens (tertiary/aromatic N) is 2. The maximum Gasteiger partial charge on any atom is 0.254 e. The molecule has 2 aromatic rings. The van der Waals surface area contributed by atoms with E-state index in [-0.39, 0.29) is 24.4 Å². The summed E-state index contributed by atoms with van der Waals surface area (Å²) in [7, 11) is 0. The molecule has 1 unspecified atom stereocenters. The second kappa shape index (κ2) is 8.52. The van der Waals surface area contributed by atoms with Gasteiger partial charge in [0.2, 0.25) is 0 Å². The molecular weight excluding hydrogens is 350 g/mol. The minimum Gasteiger partial charge on any atom is -0.493 e. The summed E-state index contributed by atoms with van der Waals surface area (Å²) >= 11 is 0. The molecule has 6 heteroatoms. The predicted molar refractivity (Wildman–Crippen MR) is 103 cm³/mol. The minimum absolute atomic E-state index is 0. The molecule has 4 rings (SSSR count). The van der Waals surface area contributed by atoms with Crippen LogP contribution in [0.5, 0.6) is 5.75 Å². The molecule has 1 amide bonds. The van der Waals surface area contributed by atoms with Crippen LogP contribution in [-0.2, 0) is 0 Å². The van der Waals surface area contributed by atoms with Gasteiger partial charge < -0.3 is 15.0 Å². The molecule has 1 saturated heterocycles. The Morgan fingerprint density at radius 2 is 2.04 bits per heavy atom. The fraction of sp³-hybridized carbons (Fsp3) is 0.400. The Hall–Kier alpha value is -2.11. The Morgan fingerprint density at radius 1 is 1.23 bits per heavy atom. The standard InChI is InChI=1S/C20H23N3O2.ClH/c24-20(16-5-7-18(8-6-16)25-14-15-3-4-15)23-11-10-22-13-19(23)17-2-1-9-21-12-17;/h1-2,5-9,12,15,19,22H,3-4,10-11,13-14H2;1H. The topological polar surface area (TPSA) is 54.5 Å². The maximum atomic E-state index is 13.0. The molecule has 1 N–H and O–H groups in total. The minimum atomic E-state index is 0. The first-order valence-corrected chi connectivity index (χ1v) is 8.96. The number of rotatable bonds is 5. The average Bonchev–Trinajstić information content (AvgIpc) is 3.51. The number of hydrogen-bond acceptors (Lipinski definition) is 4. The van der Waals surface area contributed by atoms with Crippen LogP contribution in [0.2, 0.25) is 0 Å². The third-order valence-electron chi connectivity index (χ3n) is 4.86. The lowest BCUT2D eigenvalue weighted by atomic mass is 10.0. The number of halogens is 1. The lowest BCUT2D eigenvalue weighted by Crippen LogP contribution is -2.48. The second-order valence-corrected chi connectivity index (χ2v) is 6.78. The van der Waals surface area contributed by atoms with Crippen LogP contribution in [0.4, 0.5) is 0 Å². The third-order valence-corrected chi connectivity index (χ3v) is 4.86. The highest BCUT2D eigenvalue weighted by Gasteiger charge is 2.28. The molecule has 1 aliphatic heterocycles. The van der Waals surface area contributed by atoms with E-state index in [1.54, 1.807) is 6.20 Å². The van der Waals surface area contributed by atoms with Crippen LogP contribution in [0.3, 0.4) is 0 Å². The molecule has 138 valence electrons. The van der Waals surface area contributed by atoms with Gasteiger partial charge in [-0.05, 0) is 54.7 Å². The van der Waals surface area contributed by atoms with Gasteiger partial charge in [-0.2, -0.15) is 0 Å². The lowest BCUT2D eigenvalue weighted by Gasteiger charge is -2.36. The molecule has 1 saturated carbocycles. The van der Waals surface area contributed by atoms with Crippen molar-refractivity contribution in [1.82, 2.24) is 15.2 Å². The Labute approximate surface area is 160 Å². The van der Waals surface area contributed by atoms with E-state index in [4.69, 9.17) is 4.74 Å². The SMILES string of the molecule is Cl.O=C(c1ccc(OCC2CC2)cc1)N1CCNCC1c1cccnc1. The fourth-order valence-electron chi connectivity index (χ4n) is 3.18. The van der Waals surface area contributed by atoms with Crippen LogP contribution >= 0.6 is 12.4 Å². The molecule has 2 aliphatic rings. The molecule has 1 atom stereocenters. The number of piperazine rings is 1. The van der Waals surface area contributed by atoms with E-state index in [1.807, 2.05) is 47.5 Å². The van der Waals surface area contributed by atoms with Crippen molar-refractivity contribution in [2.24, 2.45) is 5.92 Å². The van der Waals surface area contributed by atoms with Crippen molar-refractivity contribution in [3.05, 3.63) is 59.9 Å². The van der Waals surface area contributed by atoms with Crippen LogP contribution in [0.15, 0.2) is 48.8 Å². The zero-order valence-electron chi connectivity index (χ0n) is 14.6. The molecule has 26 heavy (non-hydrogen) atoms. The highest BCUT2D eigenvalue weighted by molar-refractivity contribution is 5.94. The number of carbonyl (C=O) groups excluding carboxylic acids is 1. The Kier molecular flexibility index (Phi) is 6.12. The number of nitrogens with one attached hydrogen (secondary N) is 1. The second-order valence-electron chi connectivity index (χ2n) is 6.78. The summed E-state index contributed by atoms with van der Waals surface area (Å²) in [4.78, 5) is 19.1. The van der Waals surface area contributed by atoms with E-state index in [0.717, 1.165) is 36.9 Å².